The zero-order chi connectivity index (χ0) is 19.2. The summed E-state index contributed by atoms with van der Waals surface area (Å²) in [6.45, 7) is 5.85. The number of rotatable bonds is 7. The van der Waals surface area contributed by atoms with Gasteiger partial charge in [0.15, 0.2) is 0 Å². The van der Waals surface area contributed by atoms with Gasteiger partial charge in [0.05, 0.1) is 5.92 Å². The van der Waals surface area contributed by atoms with Crippen molar-refractivity contribution < 1.29 is 9.18 Å². The number of hydrogen-bond donors (Lipinski definition) is 2. The number of carbonyl (C=O) groups is 1. The van der Waals surface area contributed by atoms with Gasteiger partial charge in [-0.15, -0.1) is 0 Å². The molecule has 1 aliphatic rings. The van der Waals surface area contributed by atoms with Gasteiger partial charge in [-0.3, -0.25) is 9.69 Å². The average Bonchev–Trinajstić information content (AvgIpc) is 2.65. The van der Waals surface area contributed by atoms with Crippen molar-refractivity contribution >= 4 is 5.91 Å². The summed E-state index contributed by atoms with van der Waals surface area (Å²) >= 11 is 0. The lowest BCUT2D eigenvalue weighted by Gasteiger charge is -2.31. The van der Waals surface area contributed by atoms with Crippen LogP contribution in [0.25, 0.3) is 0 Å². The van der Waals surface area contributed by atoms with Crippen LogP contribution in [-0.4, -0.2) is 23.9 Å². The largest absolute Gasteiger partial charge is 0.369 e. The number of nitrogens with zero attached hydrogens (tertiary/aromatic N) is 1. The van der Waals surface area contributed by atoms with E-state index < -0.39 is 0 Å². The highest BCUT2D eigenvalue weighted by atomic mass is 19.1. The molecule has 4 nitrogen and oxygen atoms in total. The summed E-state index contributed by atoms with van der Waals surface area (Å²) in [4.78, 5) is 13.8. The summed E-state index contributed by atoms with van der Waals surface area (Å²) in [7, 11) is 0. The third-order valence-corrected chi connectivity index (χ3v) is 5.19. The molecule has 144 valence electrons. The maximum atomic E-state index is 13.3. The topological polar surface area (TPSA) is 58.4 Å². The summed E-state index contributed by atoms with van der Waals surface area (Å²) in [5, 5.41) is 3.42. The predicted molar refractivity (Wildman–Crippen MR) is 105 cm³/mol. The Balaban J connectivity index is 1.52. The number of aryl methyl sites for hydroxylation is 1. The lowest BCUT2D eigenvalue weighted by Crippen LogP contribution is -2.40. The fourth-order valence-corrected chi connectivity index (χ4v) is 3.70. The minimum atomic E-state index is -0.186. The number of nitrogens with two attached hydrogens (primary N) is 1. The van der Waals surface area contributed by atoms with E-state index in [-0.39, 0.29) is 17.6 Å². The molecule has 27 heavy (non-hydrogen) atoms. The van der Waals surface area contributed by atoms with Crippen LogP contribution in [0.2, 0.25) is 0 Å². The molecule has 2 aromatic carbocycles. The summed E-state index contributed by atoms with van der Waals surface area (Å²) in [6.07, 6.45) is 1.92. The number of piperidine rings is 1. The van der Waals surface area contributed by atoms with Crippen LogP contribution >= 0.6 is 0 Å². The number of primary amides is 1. The molecular formula is C22H28FN3O. The maximum absolute atomic E-state index is 13.3. The molecule has 1 saturated heterocycles. The van der Waals surface area contributed by atoms with Crippen molar-refractivity contribution in [2.45, 2.75) is 39.4 Å². The van der Waals surface area contributed by atoms with Crippen LogP contribution in [0, 0.1) is 18.7 Å². The summed E-state index contributed by atoms with van der Waals surface area (Å²) in [5.74, 6) is -0.376. The van der Waals surface area contributed by atoms with E-state index in [2.05, 4.69) is 34.5 Å². The zero-order valence-electron chi connectivity index (χ0n) is 15.9. The van der Waals surface area contributed by atoms with Gasteiger partial charge >= 0.3 is 0 Å². The van der Waals surface area contributed by atoms with Crippen molar-refractivity contribution in [1.29, 1.82) is 0 Å². The normalized spacial score (nSPS) is 17.8. The SMILES string of the molecule is Cc1cc(CNCc2cccc(CN3CCC[C@@H](C(N)=O)C3)c2)ccc1F. The van der Waals surface area contributed by atoms with Crippen LogP contribution in [0.3, 0.4) is 0 Å². The first-order valence-corrected chi connectivity index (χ1v) is 9.56. The van der Waals surface area contributed by atoms with E-state index in [0.717, 1.165) is 44.6 Å². The number of benzene rings is 2. The van der Waals surface area contributed by atoms with E-state index in [0.29, 0.717) is 12.1 Å². The molecule has 0 unspecified atom stereocenters. The highest BCUT2D eigenvalue weighted by Crippen LogP contribution is 2.19. The second-order valence-corrected chi connectivity index (χ2v) is 7.48. The van der Waals surface area contributed by atoms with Gasteiger partial charge in [0.2, 0.25) is 5.91 Å². The van der Waals surface area contributed by atoms with E-state index in [1.54, 1.807) is 6.92 Å². The Morgan fingerprint density at radius 1 is 1.19 bits per heavy atom. The van der Waals surface area contributed by atoms with Crippen LogP contribution in [0.4, 0.5) is 4.39 Å². The first kappa shape index (κ1) is 19.5. The smallest absolute Gasteiger partial charge is 0.221 e. The standard InChI is InChI=1S/C22H28FN3O/c1-16-10-18(7-8-21(16)23)13-25-12-17-4-2-5-19(11-17)14-26-9-3-6-20(15-26)22(24)27/h2,4-5,7-8,10-11,20,25H,3,6,9,12-15H2,1H3,(H2,24,27)/t20-/m1/s1. The Kier molecular flexibility index (Phi) is 6.58. The number of likely N-dealkylation sites (tertiary alicyclic amines) is 1. The van der Waals surface area contributed by atoms with Crippen molar-refractivity contribution in [3.63, 3.8) is 0 Å². The summed E-state index contributed by atoms with van der Waals surface area (Å²) < 4.78 is 13.3. The third-order valence-electron chi connectivity index (χ3n) is 5.19. The molecule has 3 rings (SSSR count). The molecule has 0 aromatic heterocycles. The van der Waals surface area contributed by atoms with Gasteiger partial charge in [-0.2, -0.15) is 0 Å². The molecule has 0 spiro atoms. The Morgan fingerprint density at radius 3 is 2.67 bits per heavy atom. The first-order chi connectivity index (χ1) is 13.0. The number of hydrogen-bond acceptors (Lipinski definition) is 3. The molecule has 1 aliphatic heterocycles. The molecule has 0 radical (unpaired) electrons. The molecule has 0 saturated carbocycles. The maximum Gasteiger partial charge on any atom is 0.221 e. The van der Waals surface area contributed by atoms with E-state index in [1.165, 1.54) is 17.2 Å². The molecule has 0 aliphatic carbocycles. The van der Waals surface area contributed by atoms with Crippen LogP contribution in [-0.2, 0) is 24.4 Å². The molecule has 2 aromatic rings. The monoisotopic (exact) mass is 369 g/mol. The third kappa shape index (κ3) is 5.62. The van der Waals surface area contributed by atoms with Gasteiger partial charge in [0, 0.05) is 26.2 Å². The highest BCUT2D eigenvalue weighted by Gasteiger charge is 2.23. The molecule has 0 bridgehead atoms. The van der Waals surface area contributed by atoms with Crippen LogP contribution < -0.4 is 11.1 Å². The highest BCUT2D eigenvalue weighted by molar-refractivity contribution is 5.76. The molecule has 5 heteroatoms. The number of nitrogens with one attached hydrogen (secondary N) is 1. The van der Waals surface area contributed by atoms with E-state index in [9.17, 15) is 9.18 Å². The average molecular weight is 369 g/mol. The molecule has 1 heterocycles. The second kappa shape index (κ2) is 9.11. The number of carbonyl (C=O) groups excluding carboxylic acids is 1. The lowest BCUT2D eigenvalue weighted by molar-refractivity contribution is -0.123. The zero-order valence-corrected chi connectivity index (χ0v) is 15.9. The molecule has 3 N–H and O–H groups in total. The van der Waals surface area contributed by atoms with Gasteiger partial charge in [0.1, 0.15) is 5.82 Å². The fraction of sp³-hybridized carbons (Fsp3) is 0.409. The van der Waals surface area contributed by atoms with Gasteiger partial charge in [0.25, 0.3) is 0 Å². The molecular weight excluding hydrogens is 341 g/mol. The van der Waals surface area contributed by atoms with Crippen molar-refractivity contribution in [3.05, 3.63) is 70.5 Å². The summed E-state index contributed by atoms with van der Waals surface area (Å²) in [5.41, 5.74) is 9.69. The Labute approximate surface area is 160 Å². The van der Waals surface area contributed by atoms with Gasteiger partial charge in [-0.1, -0.05) is 36.4 Å². The van der Waals surface area contributed by atoms with Crippen LogP contribution in [0.5, 0.6) is 0 Å². The summed E-state index contributed by atoms with van der Waals surface area (Å²) in [6, 6.07) is 13.7. The van der Waals surface area contributed by atoms with Crippen molar-refractivity contribution in [2.24, 2.45) is 11.7 Å². The molecule has 1 atom stereocenters. The van der Waals surface area contributed by atoms with E-state index in [4.69, 9.17) is 5.73 Å². The molecule has 1 fully saturated rings. The van der Waals surface area contributed by atoms with Crippen molar-refractivity contribution in [3.8, 4) is 0 Å². The Morgan fingerprint density at radius 2 is 1.93 bits per heavy atom. The lowest BCUT2D eigenvalue weighted by atomic mass is 9.97. The second-order valence-electron chi connectivity index (χ2n) is 7.48. The minimum Gasteiger partial charge on any atom is -0.369 e. The quantitative estimate of drug-likeness (QED) is 0.788. The van der Waals surface area contributed by atoms with E-state index >= 15 is 0 Å². The minimum absolute atomic E-state index is 0.0252. The Bertz CT molecular complexity index is 793. The van der Waals surface area contributed by atoms with Crippen LogP contribution in [0.15, 0.2) is 42.5 Å². The first-order valence-electron chi connectivity index (χ1n) is 9.56. The Hall–Kier alpha value is -2.24. The van der Waals surface area contributed by atoms with Gasteiger partial charge < -0.3 is 11.1 Å². The fourth-order valence-electron chi connectivity index (χ4n) is 3.70. The predicted octanol–water partition coefficient (Wildman–Crippen LogP) is 3.12. The van der Waals surface area contributed by atoms with Crippen molar-refractivity contribution in [1.82, 2.24) is 10.2 Å². The van der Waals surface area contributed by atoms with E-state index in [1.807, 2.05) is 12.1 Å². The number of amides is 1. The van der Waals surface area contributed by atoms with Gasteiger partial charge in [-0.05, 0) is 54.6 Å². The number of halogens is 1. The van der Waals surface area contributed by atoms with Crippen LogP contribution in [0.1, 0.15) is 35.1 Å². The van der Waals surface area contributed by atoms with Crippen molar-refractivity contribution in [2.75, 3.05) is 13.1 Å². The van der Waals surface area contributed by atoms with Gasteiger partial charge in [-0.25, -0.2) is 4.39 Å². The molecule has 1 amide bonds.